The lowest BCUT2D eigenvalue weighted by molar-refractivity contribution is -0.127. The van der Waals surface area contributed by atoms with Crippen LogP contribution in [0.15, 0.2) is 58.9 Å². The maximum absolute atomic E-state index is 13.3. The van der Waals surface area contributed by atoms with Crippen LogP contribution in [0, 0.1) is 11.6 Å². The lowest BCUT2D eigenvalue weighted by Crippen LogP contribution is -2.27. The molecular formula is C22H21F2N3OS. The third-order valence-electron chi connectivity index (χ3n) is 4.97. The highest BCUT2D eigenvalue weighted by atomic mass is 32.1. The zero-order valence-corrected chi connectivity index (χ0v) is 16.7. The summed E-state index contributed by atoms with van der Waals surface area (Å²) >= 11 is 1.49. The van der Waals surface area contributed by atoms with Crippen molar-refractivity contribution < 1.29 is 13.6 Å². The van der Waals surface area contributed by atoms with E-state index in [9.17, 15) is 13.6 Å². The molecule has 1 aromatic heterocycles. The van der Waals surface area contributed by atoms with E-state index in [2.05, 4.69) is 9.56 Å². The molecule has 2 heterocycles. The Morgan fingerprint density at radius 1 is 0.966 bits per heavy atom. The Morgan fingerprint density at radius 2 is 1.66 bits per heavy atom. The van der Waals surface area contributed by atoms with E-state index in [0.717, 1.165) is 35.4 Å². The SMILES string of the molecule is O=C1CCCN1CCCn1c(-c2ccc(F)cc2)csc1=Nc1ccc(F)cc1. The van der Waals surface area contributed by atoms with Gasteiger partial charge in [-0.3, -0.25) is 4.79 Å². The van der Waals surface area contributed by atoms with Crippen LogP contribution in [0.5, 0.6) is 0 Å². The molecule has 3 aromatic rings. The molecule has 0 saturated carbocycles. The number of nitrogens with zero attached hydrogens (tertiary/aromatic N) is 3. The van der Waals surface area contributed by atoms with Gasteiger partial charge in [-0.05, 0) is 66.9 Å². The van der Waals surface area contributed by atoms with Crippen LogP contribution in [0.1, 0.15) is 19.3 Å². The molecule has 1 aliphatic heterocycles. The van der Waals surface area contributed by atoms with Crippen molar-refractivity contribution in [3.05, 3.63) is 70.3 Å². The number of carbonyl (C=O) groups excluding carboxylic acids is 1. The summed E-state index contributed by atoms with van der Waals surface area (Å²) in [5, 5.41) is 2.00. The fourth-order valence-corrected chi connectivity index (χ4v) is 4.43. The van der Waals surface area contributed by atoms with Crippen LogP contribution in [0.2, 0.25) is 0 Å². The third-order valence-corrected chi connectivity index (χ3v) is 5.83. The van der Waals surface area contributed by atoms with Crippen LogP contribution in [0.25, 0.3) is 11.3 Å². The molecule has 0 spiro atoms. The van der Waals surface area contributed by atoms with Crippen molar-refractivity contribution in [3.63, 3.8) is 0 Å². The Bertz CT molecular complexity index is 1050. The molecule has 0 atom stereocenters. The summed E-state index contributed by atoms with van der Waals surface area (Å²) in [6.07, 6.45) is 2.36. The van der Waals surface area contributed by atoms with Crippen LogP contribution >= 0.6 is 11.3 Å². The Balaban J connectivity index is 1.64. The lowest BCUT2D eigenvalue weighted by Gasteiger charge is -2.16. The second-order valence-corrected chi connectivity index (χ2v) is 7.82. The van der Waals surface area contributed by atoms with Gasteiger partial charge in [-0.25, -0.2) is 13.8 Å². The Morgan fingerprint density at radius 3 is 2.31 bits per heavy atom. The summed E-state index contributed by atoms with van der Waals surface area (Å²) in [7, 11) is 0. The van der Waals surface area contributed by atoms with Gasteiger partial charge in [-0.15, -0.1) is 11.3 Å². The average Bonchev–Trinajstić information content (AvgIpc) is 3.31. The van der Waals surface area contributed by atoms with Crippen molar-refractivity contribution in [2.45, 2.75) is 25.8 Å². The molecule has 150 valence electrons. The van der Waals surface area contributed by atoms with Crippen LogP contribution in [0.4, 0.5) is 14.5 Å². The molecule has 1 amide bonds. The fourth-order valence-electron chi connectivity index (χ4n) is 3.47. The van der Waals surface area contributed by atoms with Gasteiger partial charge in [0.05, 0.1) is 11.4 Å². The standard InChI is InChI=1S/C22H21F2N3OS/c23-17-6-4-16(5-7-17)20-15-29-22(25-19-10-8-18(24)9-11-19)27(20)14-2-13-26-12-1-3-21(26)28/h4-11,15H,1-3,12-14H2. The summed E-state index contributed by atoms with van der Waals surface area (Å²) in [5.41, 5.74) is 2.52. The minimum atomic E-state index is -0.301. The smallest absolute Gasteiger partial charge is 0.222 e. The second kappa shape index (κ2) is 8.69. The zero-order valence-electron chi connectivity index (χ0n) is 15.9. The molecule has 0 unspecified atom stereocenters. The summed E-state index contributed by atoms with van der Waals surface area (Å²) in [6.45, 7) is 2.21. The molecule has 1 fully saturated rings. The zero-order chi connectivity index (χ0) is 20.2. The lowest BCUT2D eigenvalue weighted by atomic mass is 10.1. The summed E-state index contributed by atoms with van der Waals surface area (Å²) < 4.78 is 28.6. The highest BCUT2D eigenvalue weighted by Crippen LogP contribution is 2.22. The first kappa shape index (κ1) is 19.5. The Labute approximate surface area is 171 Å². The Hall–Kier alpha value is -2.80. The van der Waals surface area contributed by atoms with E-state index in [1.165, 1.54) is 35.6 Å². The first-order valence-corrected chi connectivity index (χ1v) is 10.5. The highest BCUT2D eigenvalue weighted by Gasteiger charge is 2.19. The predicted molar refractivity (Wildman–Crippen MR) is 110 cm³/mol. The molecule has 4 nitrogen and oxygen atoms in total. The number of rotatable bonds is 6. The largest absolute Gasteiger partial charge is 0.343 e. The van der Waals surface area contributed by atoms with Crippen LogP contribution in [-0.2, 0) is 11.3 Å². The molecule has 0 N–H and O–H groups in total. The van der Waals surface area contributed by atoms with Crippen molar-refractivity contribution >= 4 is 22.9 Å². The van der Waals surface area contributed by atoms with Gasteiger partial charge in [0.2, 0.25) is 5.91 Å². The number of halogens is 2. The van der Waals surface area contributed by atoms with E-state index in [-0.39, 0.29) is 17.5 Å². The van der Waals surface area contributed by atoms with E-state index in [0.29, 0.717) is 25.2 Å². The summed E-state index contributed by atoms with van der Waals surface area (Å²) in [6, 6.07) is 12.4. The van der Waals surface area contributed by atoms with Gasteiger partial charge < -0.3 is 9.47 Å². The predicted octanol–water partition coefficient (Wildman–Crippen LogP) is 4.74. The highest BCUT2D eigenvalue weighted by molar-refractivity contribution is 7.07. The van der Waals surface area contributed by atoms with Crippen molar-refractivity contribution in [3.8, 4) is 11.3 Å². The number of likely N-dealkylation sites (tertiary alicyclic amines) is 1. The quantitative estimate of drug-likeness (QED) is 0.575. The molecule has 2 aromatic carbocycles. The summed E-state index contributed by atoms with van der Waals surface area (Å²) in [4.78, 5) is 19.2. The maximum Gasteiger partial charge on any atom is 0.222 e. The van der Waals surface area contributed by atoms with Gasteiger partial charge in [0, 0.05) is 31.4 Å². The van der Waals surface area contributed by atoms with Crippen molar-refractivity contribution in [2.75, 3.05) is 13.1 Å². The normalized spacial score (nSPS) is 14.8. The molecule has 1 aliphatic rings. The van der Waals surface area contributed by atoms with Gasteiger partial charge in [-0.2, -0.15) is 0 Å². The van der Waals surface area contributed by atoms with Crippen LogP contribution in [0.3, 0.4) is 0 Å². The molecule has 0 aliphatic carbocycles. The van der Waals surface area contributed by atoms with Gasteiger partial charge >= 0.3 is 0 Å². The van der Waals surface area contributed by atoms with E-state index < -0.39 is 0 Å². The molecular weight excluding hydrogens is 392 g/mol. The van der Waals surface area contributed by atoms with Crippen molar-refractivity contribution in [2.24, 2.45) is 4.99 Å². The number of hydrogen-bond acceptors (Lipinski definition) is 3. The van der Waals surface area contributed by atoms with E-state index in [4.69, 9.17) is 0 Å². The van der Waals surface area contributed by atoms with Gasteiger partial charge in [0.15, 0.2) is 4.80 Å². The third kappa shape index (κ3) is 4.62. The van der Waals surface area contributed by atoms with Crippen LogP contribution < -0.4 is 4.80 Å². The maximum atomic E-state index is 13.3. The topological polar surface area (TPSA) is 37.6 Å². The molecule has 29 heavy (non-hydrogen) atoms. The fraction of sp³-hybridized carbons (Fsp3) is 0.273. The number of thiazole rings is 1. The number of amides is 1. The number of carbonyl (C=O) groups is 1. The number of hydrogen-bond donors (Lipinski definition) is 0. The molecule has 1 saturated heterocycles. The number of aromatic nitrogens is 1. The van der Waals surface area contributed by atoms with Gasteiger partial charge in [0.1, 0.15) is 11.6 Å². The van der Waals surface area contributed by atoms with E-state index in [1.54, 1.807) is 24.3 Å². The van der Waals surface area contributed by atoms with Crippen LogP contribution in [-0.4, -0.2) is 28.5 Å². The van der Waals surface area contributed by atoms with E-state index in [1.807, 2.05) is 10.3 Å². The van der Waals surface area contributed by atoms with E-state index >= 15 is 0 Å². The van der Waals surface area contributed by atoms with Crippen molar-refractivity contribution in [1.29, 1.82) is 0 Å². The molecule has 0 radical (unpaired) electrons. The molecule has 7 heteroatoms. The molecule has 0 bridgehead atoms. The monoisotopic (exact) mass is 413 g/mol. The second-order valence-electron chi connectivity index (χ2n) is 6.99. The first-order valence-electron chi connectivity index (χ1n) is 9.62. The summed E-state index contributed by atoms with van der Waals surface area (Å²) in [5.74, 6) is -0.361. The minimum absolute atomic E-state index is 0.218. The molecule has 4 rings (SSSR count). The van der Waals surface area contributed by atoms with Gasteiger partial charge in [0.25, 0.3) is 0 Å². The van der Waals surface area contributed by atoms with Crippen molar-refractivity contribution in [1.82, 2.24) is 9.47 Å². The Kier molecular flexibility index (Phi) is 5.85. The van der Waals surface area contributed by atoms with Gasteiger partial charge in [-0.1, -0.05) is 0 Å². The first-order chi connectivity index (χ1) is 14.1. The minimum Gasteiger partial charge on any atom is -0.343 e. The number of benzene rings is 2. The average molecular weight is 413 g/mol.